The molecule has 0 aliphatic carbocycles. The van der Waals surface area contributed by atoms with Crippen LogP contribution in [0.3, 0.4) is 0 Å². The number of hydroxylamine groups is 1. The fourth-order valence-electron chi connectivity index (χ4n) is 1.57. The summed E-state index contributed by atoms with van der Waals surface area (Å²) in [6, 6.07) is 1.00. The highest BCUT2D eigenvalue weighted by Crippen LogP contribution is 2.09. The lowest BCUT2D eigenvalue weighted by molar-refractivity contribution is 0.0504. The Labute approximate surface area is 68.5 Å². The van der Waals surface area contributed by atoms with E-state index in [0.717, 1.165) is 6.54 Å². The van der Waals surface area contributed by atoms with Crippen molar-refractivity contribution in [3.8, 4) is 0 Å². The summed E-state index contributed by atoms with van der Waals surface area (Å²) in [4.78, 5) is 4.87. The van der Waals surface area contributed by atoms with Crippen LogP contribution in [0.4, 0.5) is 0 Å². The molecule has 1 saturated heterocycles. The Morgan fingerprint density at radius 1 is 1.55 bits per heavy atom. The van der Waals surface area contributed by atoms with E-state index in [9.17, 15) is 0 Å². The molecule has 3 nitrogen and oxygen atoms in total. The highest BCUT2D eigenvalue weighted by Gasteiger charge is 2.18. The first-order valence-corrected chi connectivity index (χ1v) is 4.36. The number of hydrogen-bond acceptors (Lipinski definition) is 3. The van der Waals surface area contributed by atoms with Gasteiger partial charge in [0, 0.05) is 12.1 Å². The quantitative estimate of drug-likeness (QED) is 0.592. The maximum absolute atomic E-state index is 4.87. The second-order valence-electron chi connectivity index (χ2n) is 3.17. The summed E-state index contributed by atoms with van der Waals surface area (Å²) in [6.07, 6.45) is 3.92. The smallest absolute Gasteiger partial charge is 0.0572 e. The van der Waals surface area contributed by atoms with Crippen LogP contribution >= 0.6 is 0 Å². The van der Waals surface area contributed by atoms with E-state index >= 15 is 0 Å². The van der Waals surface area contributed by atoms with Crippen molar-refractivity contribution in [2.45, 2.75) is 38.3 Å². The molecule has 1 aliphatic heterocycles. The van der Waals surface area contributed by atoms with Crippen LogP contribution in [-0.4, -0.2) is 25.7 Å². The molecule has 0 bridgehead atoms. The number of rotatable bonds is 3. The zero-order valence-electron chi connectivity index (χ0n) is 7.39. The molecule has 0 amide bonds. The van der Waals surface area contributed by atoms with E-state index in [-0.39, 0.29) is 0 Å². The lowest BCUT2D eigenvalue weighted by atomic mass is 10.00. The van der Waals surface area contributed by atoms with E-state index in [1.54, 1.807) is 7.11 Å². The molecule has 2 atom stereocenters. The zero-order valence-corrected chi connectivity index (χ0v) is 7.39. The average molecular weight is 158 g/mol. The van der Waals surface area contributed by atoms with Gasteiger partial charge in [0.1, 0.15) is 0 Å². The van der Waals surface area contributed by atoms with Crippen molar-refractivity contribution in [3.63, 3.8) is 0 Å². The molecular formula is C8H18N2O. The van der Waals surface area contributed by atoms with Crippen LogP contribution in [0, 0.1) is 0 Å². The zero-order chi connectivity index (χ0) is 8.10. The van der Waals surface area contributed by atoms with Gasteiger partial charge in [-0.2, -0.15) is 5.48 Å². The molecule has 0 radical (unpaired) electrons. The minimum atomic E-state index is 0.417. The Kier molecular flexibility index (Phi) is 3.83. The second-order valence-corrected chi connectivity index (χ2v) is 3.17. The second kappa shape index (κ2) is 4.70. The first-order chi connectivity index (χ1) is 5.34. The molecule has 2 unspecified atom stereocenters. The van der Waals surface area contributed by atoms with Crippen molar-refractivity contribution in [2.24, 2.45) is 0 Å². The molecule has 0 aromatic rings. The third kappa shape index (κ3) is 2.77. The van der Waals surface area contributed by atoms with Crippen molar-refractivity contribution in [1.82, 2.24) is 10.8 Å². The van der Waals surface area contributed by atoms with Crippen LogP contribution < -0.4 is 10.8 Å². The summed E-state index contributed by atoms with van der Waals surface area (Å²) in [5.41, 5.74) is 2.95. The van der Waals surface area contributed by atoms with Crippen LogP contribution in [0.2, 0.25) is 0 Å². The molecule has 0 aromatic heterocycles. The Balaban J connectivity index is 2.21. The topological polar surface area (TPSA) is 33.3 Å². The lowest BCUT2D eigenvalue weighted by Gasteiger charge is -2.28. The summed E-state index contributed by atoms with van der Waals surface area (Å²) >= 11 is 0. The predicted octanol–water partition coefficient (Wildman–Crippen LogP) is 0.668. The molecule has 0 aromatic carbocycles. The van der Waals surface area contributed by atoms with Crippen LogP contribution in [-0.2, 0) is 4.84 Å². The summed E-state index contributed by atoms with van der Waals surface area (Å²) in [7, 11) is 1.67. The highest BCUT2D eigenvalue weighted by molar-refractivity contribution is 4.79. The molecule has 1 rings (SSSR count). The van der Waals surface area contributed by atoms with Crippen molar-refractivity contribution >= 4 is 0 Å². The van der Waals surface area contributed by atoms with Gasteiger partial charge in [-0.3, -0.25) is 0 Å². The third-order valence-corrected chi connectivity index (χ3v) is 2.26. The number of hydrogen-bond donors (Lipinski definition) is 2. The molecule has 66 valence electrons. The Morgan fingerprint density at radius 3 is 2.91 bits per heavy atom. The Hall–Kier alpha value is -0.120. The molecular weight excluding hydrogens is 140 g/mol. The van der Waals surface area contributed by atoms with Gasteiger partial charge in [0.25, 0.3) is 0 Å². The number of piperidine rings is 1. The molecule has 0 spiro atoms. The molecule has 1 heterocycles. The van der Waals surface area contributed by atoms with Crippen molar-refractivity contribution in [3.05, 3.63) is 0 Å². The van der Waals surface area contributed by atoms with Crippen molar-refractivity contribution in [1.29, 1.82) is 0 Å². The van der Waals surface area contributed by atoms with Gasteiger partial charge in [0.15, 0.2) is 0 Å². The van der Waals surface area contributed by atoms with Crippen molar-refractivity contribution < 1.29 is 4.84 Å². The monoisotopic (exact) mass is 158 g/mol. The first-order valence-electron chi connectivity index (χ1n) is 4.36. The van der Waals surface area contributed by atoms with Crippen LogP contribution in [0.15, 0.2) is 0 Å². The minimum absolute atomic E-state index is 0.417. The summed E-state index contributed by atoms with van der Waals surface area (Å²) in [5.74, 6) is 0. The molecule has 3 heteroatoms. The van der Waals surface area contributed by atoms with Crippen molar-refractivity contribution in [2.75, 3.05) is 13.7 Å². The van der Waals surface area contributed by atoms with Crippen LogP contribution in [0.1, 0.15) is 26.2 Å². The molecule has 1 aliphatic rings. The molecule has 2 N–H and O–H groups in total. The van der Waals surface area contributed by atoms with E-state index in [1.807, 2.05) is 0 Å². The van der Waals surface area contributed by atoms with Crippen LogP contribution in [0.25, 0.3) is 0 Å². The van der Waals surface area contributed by atoms with Gasteiger partial charge in [0.05, 0.1) is 7.11 Å². The van der Waals surface area contributed by atoms with Gasteiger partial charge in [0.2, 0.25) is 0 Å². The Morgan fingerprint density at radius 2 is 2.36 bits per heavy atom. The SMILES string of the molecule is CONC(C)C1CCCCN1. The summed E-state index contributed by atoms with van der Waals surface area (Å²) in [6.45, 7) is 3.30. The van der Waals surface area contributed by atoms with E-state index in [0.29, 0.717) is 12.1 Å². The van der Waals surface area contributed by atoms with Gasteiger partial charge >= 0.3 is 0 Å². The van der Waals surface area contributed by atoms with Gasteiger partial charge < -0.3 is 10.2 Å². The number of nitrogens with one attached hydrogen (secondary N) is 2. The highest BCUT2D eigenvalue weighted by atomic mass is 16.6. The van der Waals surface area contributed by atoms with Gasteiger partial charge in [-0.25, -0.2) is 0 Å². The van der Waals surface area contributed by atoms with Gasteiger partial charge in [-0.05, 0) is 26.3 Å². The largest absolute Gasteiger partial charge is 0.312 e. The average Bonchev–Trinajstić information content (AvgIpc) is 2.07. The Bertz CT molecular complexity index is 102. The molecule has 1 fully saturated rings. The van der Waals surface area contributed by atoms with E-state index < -0.39 is 0 Å². The fourth-order valence-corrected chi connectivity index (χ4v) is 1.57. The van der Waals surface area contributed by atoms with Crippen LogP contribution in [0.5, 0.6) is 0 Å². The molecule has 0 saturated carbocycles. The normalized spacial score (nSPS) is 28.4. The van der Waals surface area contributed by atoms with E-state index in [4.69, 9.17) is 4.84 Å². The maximum atomic E-state index is 4.87. The van der Waals surface area contributed by atoms with E-state index in [2.05, 4.69) is 17.7 Å². The summed E-state index contributed by atoms with van der Waals surface area (Å²) in [5, 5.41) is 3.46. The minimum Gasteiger partial charge on any atom is -0.312 e. The molecule has 11 heavy (non-hydrogen) atoms. The first kappa shape index (κ1) is 8.97. The summed E-state index contributed by atoms with van der Waals surface area (Å²) < 4.78 is 0. The fraction of sp³-hybridized carbons (Fsp3) is 1.00. The van der Waals surface area contributed by atoms with Gasteiger partial charge in [-0.15, -0.1) is 0 Å². The third-order valence-electron chi connectivity index (χ3n) is 2.26. The standard InChI is InChI=1S/C8H18N2O/c1-7(10-11-2)8-5-3-4-6-9-8/h7-10H,3-6H2,1-2H3. The lowest BCUT2D eigenvalue weighted by Crippen LogP contribution is -2.48. The predicted molar refractivity (Wildman–Crippen MR) is 45.2 cm³/mol. The van der Waals surface area contributed by atoms with Gasteiger partial charge in [-0.1, -0.05) is 6.42 Å². The maximum Gasteiger partial charge on any atom is 0.0572 e. The van der Waals surface area contributed by atoms with E-state index in [1.165, 1.54) is 19.3 Å².